The Bertz CT molecular complexity index is 1200. The number of nitrogens with one attached hydrogen (secondary N) is 2. The van der Waals surface area contributed by atoms with E-state index < -0.39 is 21.7 Å². The lowest BCUT2D eigenvalue weighted by Gasteiger charge is -2.14. The van der Waals surface area contributed by atoms with Gasteiger partial charge in [0.05, 0.1) is 29.5 Å². The van der Waals surface area contributed by atoms with Crippen LogP contribution >= 0.6 is 0 Å². The molecule has 0 bridgehead atoms. The van der Waals surface area contributed by atoms with Crippen LogP contribution in [0, 0.1) is 5.82 Å². The molecule has 32 heavy (non-hydrogen) atoms. The smallest absolute Gasteiger partial charge is 0.261 e. The van der Waals surface area contributed by atoms with Gasteiger partial charge in [-0.3, -0.25) is 9.52 Å². The molecule has 0 aliphatic carbocycles. The maximum Gasteiger partial charge on any atom is 0.261 e. The summed E-state index contributed by atoms with van der Waals surface area (Å²) in [6, 6.07) is 15.9. The normalized spacial score (nSPS) is 11.0. The first-order valence-corrected chi connectivity index (χ1v) is 11.4. The second kappa shape index (κ2) is 10.1. The van der Waals surface area contributed by atoms with E-state index in [0.717, 1.165) is 6.07 Å². The van der Waals surface area contributed by atoms with E-state index >= 15 is 0 Å². The number of carbonyl (C=O) groups excluding carboxylic acids is 1. The van der Waals surface area contributed by atoms with E-state index in [1.54, 1.807) is 18.2 Å². The number of carbonyl (C=O) groups is 1. The van der Waals surface area contributed by atoms with Gasteiger partial charge in [0.1, 0.15) is 17.3 Å². The number of hydrogen-bond acceptors (Lipinski definition) is 5. The number of sulfonamides is 1. The van der Waals surface area contributed by atoms with Crippen LogP contribution in [0.1, 0.15) is 24.2 Å². The molecule has 0 radical (unpaired) electrons. The average Bonchev–Trinajstić information content (AvgIpc) is 2.77. The van der Waals surface area contributed by atoms with Crippen molar-refractivity contribution in [3.05, 3.63) is 78.1 Å². The maximum absolute atomic E-state index is 13.8. The monoisotopic (exact) mass is 458 g/mol. The molecule has 3 aromatic carbocycles. The van der Waals surface area contributed by atoms with Gasteiger partial charge in [-0.25, -0.2) is 12.8 Å². The minimum atomic E-state index is -4.02. The van der Waals surface area contributed by atoms with Gasteiger partial charge >= 0.3 is 0 Å². The average molecular weight is 459 g/mol. The van der Waals surface area contributed by atoms with Crippen molar-refractivity contribution in [1.82, 2.24) is 0 Å². The standard InChI is InChI=1S/C23H23FN2O5S/c1-3-30-17-11-14-22(31-4-2)21(15-17)25-23(27)16-9-12-18(13-10-16)32(28,29)26-20-8-6-5-7-19(20)24/h5-15,26H,3-4H2,1-2H3,(H,25,27). The first kappa shape index (κ1) is 23.1. The molecule has 168 valence electrons. The van der Waals surface area contributed by atoms with Crippen LogP contribution in [0.3, 0.4) is 0 Å². The Morgan fingerprint density at radius 2 is 1.59 bits per heavy atom. The SMILES string of the molecule is CCOc1ccc(OCC)c(NC(=O)c2ccc(S(=O)(=O)Nc3ccccc3F)cc2)c1. The summed E-state index contributed by atoms with van der Waals surface area (Å²) in [5.41, 5.74) is 0.506. The van der Waals surface area contributed by atoms with Crippen molar-refractivity contribution < 1.29 is 27.1 Å². The molecule has 9 heteroatoms. The van der Waals surface area contributed by atoms with Gasteiger partial charge in [-0.1, -0.05) is 12.1 Å². The Morgan fingerprint density at radius 1 is 0.906 bits per heavy atom. The van der Waals surface area contributed by atoms with Crippen LogP contribution in [0.15, 0.2) is 71.6 Å². The zero-order valence-electron chi connectivity index (χ0n) is 17.6. The third-order valence-corrected chi connectivity index (χ3v) is 5.74. The molecular weight excluding hydrogens is 435 g/mol. The molecule has 3 aromatic rings. The second-order valence-electron chi connectivity index (χ2n) is 6.59. The predicted molar refractivity (Wildman–Crippen MR) is 120 cm³/mol. The van der Waals surface area contributed by atoms with E-state index in [2.05, 4.69) is 10.0 Å². The Labute approximate surface area is 186 Å². The summed E-state index contributed by atoms with van der Waals surface area (Å²) in [7, 11) is -4.02. The third-order valence-electron chi connectivity index (χ3n) is 4.36. The molecule has 3 rings (SSSR count). The summed E-state index contributed by atoms with van der Waals surface area (Å²) in [4.78, 5) is 12.6. The van der Waals surface area contributed by atoms with E-state index in [9.17, 15) is 17.6 Å². The van der Waals surface area contributed by atoms with Crippen LogP contribution in [0.25, 0.3) is 0 Å². The molecule has 7 nitrogen and oxygen atoms in total. The summed E-state index contributed by atoms with van der Waals surface area (Å²) < 4.78 is 52.1. The van der Waals surface area contributed by atoms with Gasteiger partial charge in [0.2, 0.25) is 0 Å². The van der Waals surface area contributed by atoms with E-state index in [4.69, 9.17) is 9.47 Å². The fraction of sp³-hybridized carbons (Fsp3) is 0.174. The first-order valence-electron chi connectivity index (χ1n) is 9.92. The fourth-order valence-corrected chi connectivity index (χ4v) is 3.94. The molecule has 0 aliphatic heterocycles. The second-order valence-corrected chi connectivity index (χ2v) is 8.27. The number of halogens is 1. The number of rotatable bonds is 9. The quantitative estimate of drug-likeness (QED) is 0.486. The molecule has 0 heterocycles. The topological polar surface area (TPSA) is 93.7 Å². The van der Waals surface area contributed by atoms with Gasteiger partial charge in [0, 0.05) is 11.6 Å². The highest BCUT2D eigenvalue weighted by atomic mass is 32.2. The Kier molecular flexibility index (Phi) is 7.32. The molecule has 1 amide bonds. The lowest BCUT2D eigenvalue weighted by molar-refractivity contribution is 0.102. The van der Waals surface area contributed by atoms with Crippen LogP contribution in [-0.4, -0.2) is 27.5 Å². The highest BCUT2D eigenvalue weighted by Crippen LogP contribution is 2.30. The molecule has 0 saturated carbocycles. The number of ether oxygens (including phenoxy) is 2. The summed E-state index contributed by atoms with van der Waals surface area (Å²) in [5, 5.41) is 2.76. The van der Waals surface area contributed by atoms with Gasteiger partial charge in [0.15, 0.2) is 0 Å². The van der Waals surface area contributed by atoms with E-state index in [-0.39, 0.29) is 16.1 Å². The van der Waals surface area contributed by atoms with Crippen LogP contribution < -0.4 is 19.5 Å². The molecule has 2 N–H and O–H groups in total. The largest absolute Gasteiger partial charge is 0.494 e. The van der Waals surface area contributed by atoms with Gasteiger partial charge in [-0.05, 0) is 62.4 Å². The zero-order chi connectivity index (χ0) is 23.1. The Morgan fingerprint density at radius 3 is 2.25 bits per heavy atom. The van der Waals surface area contributed by atoms with E-state index in [1.165, 1.54) is 42.5 Å². The molecular formula is C23H23FN2O5S. The number of para-hydroxylation sites is 1. The number of amides is 1. The third kappa shape index (κ3) is 5.55. The van der Waals surface area contributed by atoms with Crippen LogP contribution in [0.2, 0.25) is 0 Å². The fourth-order valence-electron chi connectivity index (χ4n) is 2.87. The molecule has 0 atom stereocenters. The minimum absolute atomic E-state index is 0.106. The van der Waals surface area contributed by atoms with Crippen molar-refractivity contribution in [2.24, 2.45) is 0 Å². The van der Waals surface area contributed by atoms with E-state index in [1.807, 2.05) is 13.8 Å². The summed E-state index contributed by atoms with van der Waals surface area (Å²) in [6.07, 6.45) is 0. The maximum atomic E-state index is 13.8. The van der Waals surface area contributed by atoms with Crippen molar-refractivity contribution in [3.8, 4) is 11.5 Å². The Hall–Kier alpha value is -3.59. The van der Waals surface area contributed by atoms with Crippen molar-refractivity contribution in [3.63, 3.8) is 0 Å². The highest BCUT2D eigenvalue weighted by molar-refractivity contribution is 7.92. The molecule has 0 aliphatic rings. The number of hydrogen-bond donors (Lipinski definition) is 2. The zero-order valence-corrected chi connectivity index (χ0v) is 18.4. The lowest BCUT2D eigenvalue weighted by Crippen LogP contribution is -2.16. The lowest BCUT2D eigenvalue weighted by atomic mass is 10.2. The minimum Gasteiger partial charge on any atom is -0.494 e. The van der Waals surface area contributed by atoms with Crippen molar-refractivity contribution in [2.45, 2.75) is 18.7 Å². The van der Waals surface area contributed by atoms with Crippen molar-refractivity contribution in [1.29, 1.82) is 0 Å². The number of benzene rings is 3. The van der Waals surface area contributed by atoms with Crippen LogP contribution in [-0.2, 0) is 10.0 Å². The summed E-state index contributed by atoms with van der Waals surface area (Å²) in [6.45, 7) is 4.57. The molecule has 0 aromatic heterocycles. The summed E-state index contributed by atoms with van der Waals surface area (Å²) in [5.74, 6) is -0.0819. The van der Waals surface area contributed by atoms with Crippen molar-refractivity contribution >= 4 is 27.3 Å². The van der Waals surface area contributed by atoms with Crippen molar-refractivity contribution in [2.75, 3.05) is 23.3 Å². The Balaban J connectivity index is 1.78. The van der Waals surface area contributed by atoms with Crippen LogP contribution in [0.5, 0.6) is 11.5 Å². The summed E-state index contributed by atoms with van der Waals surface area (Å²) >= 11 is 0. The molecule has 0 unspecified atom stereocenters. The van der Waals surface area contributed by atoms with Gasteiger partial charge < -0.3 is 14.8 Å². The van der Waals surface area contributed by atoms with Crippen LogP contribution in [0.4, 0.5) is 15.8 Å². The molecule has 0 spiro atoms. The highest BCUT2D eigenvalue weighted by Gasteiger charge is 2.18. The van der Waals surface area contributed by atoms with Gasteiger partial charge in [0.25, 0.3) is 15.9 Å². The van der Waals surface area contributed by atoms with Gasteiger partial charge in [-0.2, -0.15) is 0 Å². The molecule has 0 saturated heterocycles. The number of anilines is 2. The van der Waals surface area contributed by atoms with Gasteiger partial charge in [-0.15, -0.1) is 0 Å². The molecule has 0 fully saturated rings. The first-order chi connectivity index (χ1) is 15.3. The van der Waals surface area contributed by atoms with E-state index in [0.29, 0.717) is 30.4 Å². The predicted octanol–water partition coefficient (Wildman–Crippen LogP) is 4.68.